The minimum absolute atomic E-state index is 0.400. The number of methoxy groups -OCH3 is 2. The van der Waals surface area contributed by atoms with Crippen molar-refractivity contribution in [2.75, 3.05) is 26.1 Å². The molecule has 2 aromatic carbocycles. The number of hydrogen-bond donors (Lipinski definition) is 2. The van der Waals surface area contributed by atoms with Crippen LogP contribution in [0.25, 0.3) is 0 Å². The van der Waals surface area contributed by atoms with Gasteiger partial charge in [0, 0.05) is 23.9 Å². The zero-order chi connectivity index (χ0) is 21.7. The van der Waals surface area contributed by atoms with Crippen molar-refractivity contribution in [2.24, 2.45) is 0 Å². The van der Waals surface area contributed by atoms with Gasteiger partial charge >= 0.3 is 6.03 Å². The van der Waals surface area contributed by atoms with E-state index in [4.69, 9.17) is 9.47 Å². The molecule has 0 saturated carbocycles. The molecule has 1 fully saturated rings. The molecule has 1 aliphatic rings. The number of urea groups is 1. The van der Waals surface area contributed by atoms with Crippen LogP contribution in [0.2, 0.25) is 0 Å². The van der Waals surface area contributed by atoms with Gasteiger partial charge in [-0.25, -0.2) is 4.79 Å². The maximum Gasteiger partial charge on any atom is 0.325 e. The molecule has 0 aromatic heterocycles. The van der Waals surface area contributed by atoms with Gasteiger partial charge in [-0.15, -0.1) is 0 Å². The van der Waals surface area contributed by atoms with Crippen LogP contribution in [0.4, 0.5) is 10.5 Å². The largest absolute Gasteiger partial charge is 0.497 e. The average molecular weight is 411 g/mol. The van der Waals surface area contributed by atoms with E-state index in [9.17, 15) is 14.4 Å². The van der Waals surface area contributed by atoms with Gasteiger partial charge in [-0.1, -0.05) is 43.7 Å². The van der Waals surface area contributed by atoms with Gasteiger partial charge in [-0.2, -0.15) is 0 Å². The molecule has 0 bridgehead atoms. The molecule has 8 nitrogen and oxygen atoms in total. The van der Waals surface area contributed by atoms with Gasteiger partial charge in [0.15, 0.2) is 0 Å². The molecular weight excluding hydrogens is 386 g/mol. The number of imide groups is 1. The van der Waals surface area contributed by atoms with Gasteiger partial charge in [0.25, 0.3) is 5.91 Å². The summed E-state index contributed by atoms with van der Waals surface area (Å²) in [6, 6.07) is 13.4. The molecule has 1 saturated heterocycles. The van der Waals surface area contributed by atoms with Crippen molar-refractivity contribution in [3.05, 3.63) is 54.1 Å². The van der Waals surface area contributed by atoms with Crippen LogP contribution in [0.15, 0.2) is 48.5 Å². The predicted octanol–water partition coefficient (Wildman–Crippen LogP) is 2.89. The lowest BCUT2D eigenvalue weighted by molar-refractivity contribution is -0.134. The summed E-state index contributed by atoms with van der Waals surface area (Å²) in [4.78, 5) is 39.4. The molecule has 3 rings (SSSR count). The Morgan fingerprint density at radius 3 is 2.27 bits per heavy atom. The number of hydrogen-bond acceptors (Lipinski definition) is 5. The number of nitrogens with one attached hydrogen (secondary N) is 2. The van der Waals surface area contributed by atoms with E-state index in [0.717, 1.165) is 4.90 Å². The first-order chi connectivity index (χ1) is 14.4. The van der Waals surface area contributed by atoms with E-state index in [2.05, 4.69) is 10.6 Å². The van der Waals surface area contributed by atoms with Crippen molar-refractivity contribution in [3.63, 3.8) is 0 Å². The lowest BCUT2D eigenvalue weighted by Gasteiger charge is -2.26. The Morgan fingerprint density at radius 2 is 1.70 bits per heavy atom. The molecule has 30 heavy (non-hydrogen) atoms. The monoisotopic (exact) mass is 411 g/mol. The van der Waals surface area contributed by atoms with Crippen LogP contribution in [0.5, 0.6) is 11.5 Å². The standard InChI is InChI=1S/C22H25N3O5/c1-4-10-22(15-8-6-5-7-9-15)20(27)25(21(28)24-22)14-19(26)23-16-11-17(29-2)13-18(12-16)30-3/h5-9,11-13H,4,10,14H2,1-3H3,(H,23,26)(H,24,28)/t22-/m0/s1. The lowest BCUT2D eigenvalue weighted by atomic mass is 9.85. The fourth-order valence-electron chi connectivity index (χ4n) is 3.60. The van der Waals surface area contributed by atoms with Gasteiger partial charge in [0.05, 0.1) is 14.2 Å². The zero-order valence-electron chi connectivity index (χ0n) is 17.2. The second-order valence-corrected chi connectivity index (χ2v) is 6.99. The smallest absolute Gasteiger partial charge is 0.325 e. The Hall–Kier alpha value is -3.55. The summed E-state index contributed by atoms with van der Waals surface area (Å²) in [6.07, 6.45) is 1.12. The summed E-state index contributed by atoms with van der Waals surface area (Å²) in [5.74, 6) is 0.0736. The van der Waals surface area contributed by atoms with Crippen molar-refractivity contribution in [1.29, 1.82) is 0 Å². The van der Waals surface area contributed by atoms with Crippen molar-refractivity contribution in [1.82, 2.24) is 10.2 Å². The number of benzene rings is 2. The van der Waals surface area contributed by atoms with Gasteiger partial charge in [0.2, 0.25) is 5.91 Å². The Kier molecular flexibility index (Phi) is 6.25. The lowest BCUT2D eigenvalue weighted by Crippen LogP contribution is -2.44. The number of carbonyl (C=O) groups is 3. The van der Waals surface area contributed by atoms with Crippen LogP contribution in [0, 0.1) is 0 Å². The topological polar surface area (TPSA) is 97.0 Å². The number of ether oxygens (including phenoxy) is 2. The Morgan fingerprint density at radius 1 is 1.07 bits per heavy atom. The van der Waals surface area contributed by atoms with Crippen LogP contribution >= 0.6 is 0 Å². The molecule has 1 aliphatic heterocycles. The zero-order valence-corrected chi connectivity index (χ0v) is 17.2. The SMILES string of the molecule is CCC[C@@]1(c2ccccc2)NC(=O)N(CC(=O)Nc2cc(OC)cc(OC)c2)C1=O. The average Bonchev–Trinajstić information content (AvgIpc) is 2.99. The molecule has 4 amide bonds. The van der Waals surface area contributed by atoms with Gasteiger partial charge < -0.3 is 20.1 Å². The second kappa shape index (κ2) is 8.86. The minimum atomic E-state index is -1.16. The number of rotatable bonds is 8. The van der Waals surface area contributed by atoms with Gasteiger partial charge in [-0.3, -0.25) is 14.5 Å². The maximum atomic E-state index is 13.2. The Bertz CT molecular complexity index is 925. The molecule has 2 N–H and O–H groups in total. The second-order valence-electron chi connectivity index (χ2n) is 6.99. The maximum absolute atomic E-state index is 13.2. The van der Waals surface area contributed by atoms with E-state index in [1.165, 1.54) is 14.2 Å². The molecule has 0 spiro atoms. The van der Waals surface area contributed by atoms with E-state index in [0.29, 0.717) is 35.6 Å². The van der Waals surface area contributed by atoms with E-state index in [1.807, 2.05) is 25.1 Å². The van der Waals surface area contributed by atoms with Crippen molar-refractivity contribution < 1.29 is 23.9 Å². The summed E-state index contributed by atoms with van der Waals surface area (Å²) < 4.78 is 10.4. The van der Waals surface area contributed by atoms with Crippen LogP contribution in [0.1, 0.15) is 25.3 Å². The van der Waals surface area contributed by atoms with Crippen LogP contribution < -0.4 is 20.1 Å². The molecule has 8 heteroatoms. The summed E-state index contributed by atoms with van der Waals surface area (Å²) in [5, 5.41) is 5.49. The summed E-state index contributed by atoms with van der Waals surface area (Å²) in [7, 11) is 3.01. The third kappa shape index (κ3) is 4.07. The number of carbonyl (C=O) groups excluding carboxylic acids is 3. The summed E-state index contributed by atoms with van der Waals surface area (Å²) in [6.45, 7) is 1.54. The van der Waals surface area contributed by atoms with Crippen molar-refractivity contribution in [3.8, 4) is 11.5 Å². The number of nitrogens with zero attached hydrogens (tertiary/aromatic N) is 1. The van der Waals surface area contributed by atoms with E-state index < -0.39 is 29.9 Å². The highest BCUT2D eigenvalue weighted by molar-refractivity contribution is 6.10. The van der Waals surface area contributed by atoms with Crippen molar-refractivity contribution >= 4 is 23.5 Å². The first kappa shape index (κ1) is 21.2. The van der Waals surface area contributed by atoms with Gasteiger partial charge in [0.1, 0.15) is 23.6 Å². The fourth-order valence-corrected chi connectivity index (χ4v) is 3.60. The number of amides is 4. The van der Waals surface area contributed by atoms with E-state index >= 15 is 0 Å². The van der Waals surface area contributed by atoms with Crippen LogP contribution in [0.3, 0.4) is 0 Å². The molecule has 158 valence electrons. The Balaban J connectivity index is 1.79. The fraction of sp³-hybridized carbons (Fsp3) is 0.318. The van der Waals surface area contributed by atoms with Gasteiger partial charge in [-0.05, 0) is 12.0 Å². The molecule has 2 aromatic rings. The van der Waals surface area contributed by atoms with Crippen LogP contribution in [-0.4, -0.2) is 43.5 Å². The highest BCUT2D eigenvalue weighted by atomic mass is 16.5. The first-order valence-corrected chi connectivity index (χ1v) is 9.66. The van der Waals surface area contributed by atoms with Crippen molar-refractivity contribution in [2.45, 2.75) is 25.3 Å². The quantitative estimate of drug-likeness (QED) is 0.651. The van der Waals surface area contributed by atoms with Crippen LogP contribution in [-0.2, 0) is 15.1 Å². The predicted molar refractivity (Wildman–Crippen MR) is 111 cm³/mol. The Labute approximate surface area is 175 Å². The van der Waals surface area contributed by atoms with E-state index in [1.54, 1.807) is 30.3 Å². The third-order valence-electron chi connectivity index (χ3n) is 5.00. The highest BCUT2D eigenvalue weighted by Crippen LogP contribution is 2.33. The molecular formula is C22H25N3O5. The molecule has 0 unspecified atom stereocenters. The first-order valence-electron chi connectivity index (χ1n) is 9.66. The minimum Gasteiger partial charge on any atom is -0.497 e. The molecule has 1 atom stereocenters. The summed E-state index contributed by atoms with van der Waals surface area (Å²) in [5.41, 5.74) is -0.0243. The molecule has 0 radical (unpaired) electrons. The highest BCUT2D eigenvalue weighted by Gasteiger charge is 2.52. The molecule has 0 aliphatic carbocycles. The third-order valence-corrected chi connectivity index (χ3v) is 5.00. The normalized spacial score (nSPS) is 18.2. The number of anilines is 1. The van der Waals surface area contributed by atoms with E-state index in [-0.39, 0.29) is 0 Å². The molecule has 1 heterocycles. The summed E-state index contributed by atoms with van der Waals surface area (Å²) >= 11 is 0.